The highest BCUT2D eigenvalue weighted by atomic mass is 32.2. The van der Waals surface area contributed by atoms with Crippen LogP contribution < -0.4 is 0 Å². The first-order valence-electron chi connectivity index (χ1n) is 8.47. The molecule has 1 saturated carbocycles. The molecule has 0 bridgehead atoms. The number of carbonyl (C=O) groups is 1. The van der Waals surface area contributed by atoms with Crippen LogP contribution in [-0.4, -0.2) is 26.6 Å². The van der Waals surface area contributed by atoms with Gasteiger partial charge in [0.05, 0.1) is 12.4 Å². The molecule has 0 unspecified atom stereocenters. The highest BCUT2D eigenvalue weighted by Gasteiger charge is 2.29. The van der Waals surface area contributed by atoms with Gasteiger partial charge in [-0.2, -0.15) is 8.42 Å². The highest BCUT2D eigenvalue weighted by Crippen LogP contribution is 2.32. The lowest BCUT2D eigenvalue weighted by Crippen LogP contribution is -2.15. The van der Waals surface area contributed by atoms with Crippen molar-refractivity contribution in [1.82, 2.24) is 0 Å². The molecule has 0 aromatic heterocycles. The summed E-state index contributed by atoms with van der Waals surface area (Å²) < 4.78 is 27.4. The van der Waals surface area contributed by atoms with Crippen LogP contribution in [0.2, 0.25) is 0 Å². The molecule has 1 aliphatic carbocycles. The Morgan fingerprint density at radius 1 is 1.00 bits per heavy atom. The first-order chi connectivity index (χ1) is 11.9. The van der Waals surface area contributed by atoms with Gasteiger partial charge in [0, 0.05) is 12.0 Å². The van der Waals surface area contributed by atoms with E-state index in [9.17, 15) is 13.2 Å². The van der Waals surface area contributed by atoms with Crippen LogP contribution in [-0.2, 0) is 14.3 Å². The fraction of sp³-hybridized carbons (Fsp3) is 0.350. The number of benzene rings is 2. The van der Waals surface area contributed by atoms with Crippen LogP contribution in [0.1, 0.15) is 36.0 Å². The zero-order chi connectivity index (χ0) is 17.9. The minimum atomic E-state index is -3.43. The molecule has 0 saturated heterocycles. The molecule has 25 heavy (non-hydrogen) atoms. The van der Waals surface area contributed by atoms with Crippen molar-refractivity contribution in [2.45, 2.75) is 31.8 Å². The van der Waals surface area contributed by atoms with E-state index in [1.165, 1.54) is 0 Å². The van der Waals surface area contributed by atoms with Crippen molar-refractivity contribution >= 4 is 15.9 Å². The number of hydrogen-bond donors (Lipinski definition) is 0. The molecule has 132 valence electrons. The molecule has 5 heteroatoms. The van der Waals surface area contributed by atoms with Crippen LogP contribution in [0.4, 0.5) is 0 Å². The van der Waals surface area contributed by atoms with Crippen molar-refractivity contribution in [3.8, 4) is 11.1 Å². The van der Waals surface area contributed by atoms with Crippen molar-refractivity contribution in [2.75, 3.05) is 6.26 Å². The second-order valence-electron chi connectivity index (χ2n) is 6.67. The van der Waals surface area contributed by atoms with Crippen molar-refractivity contribution in [2.24, 2.45) is 5.92 Å². The Balaban J connectivity index is 1.59. The third-order valence-electron chi connectivity index (χ3n) is 4.59. The van der Waals surface area contributed by atoms with Crippen LogP contribution >= 0.6 is 0 Å². The van der Waals surface area contributed by atoms with E-state index in [2.05, 4.69) is 0 Å². The largest absolute Gasteiger partial charge is 0.294 e. The van der Waals surface area contributed by atoms with Gasteiger partial charge in [-0.05, 0) is 36.3 Å². The minimum Gasteiger partial charge on any atom is -0.294 e. The second-order valence-corrected chi connectivity index (χ2v) is 8.27. The molecule has 0 N–H and O–H groups in total. The molecule has 1 fully saturated rings. The normalized spacial score (nSPS) is 20.5. The summed E-state index contributed by atoms with van der Waals surface area (Å²) in [5, 5.41) is 0. The van der Waals surface area contributed by atoms with Gasteiger partial charge in [0.2, 0.25) is 0 Å². The predicted octanol–water partition coefficient (Wildman–Crippen LogP) is 4.07. The van der Waals surface area contributed by atoms with Crippen molar-refractivity contribution in [3.63, 3.8) is 0 Å². The van der Waals surface area contributed by atoms with Gasteiger partial charge in [0.1, 0.15) is 0 Å². The maximum Gasteiger partial charge on any atom is 0.264 e. The summed E-state index contributed by atoms with van der Waals surface area (Å²) in [6.07, 6.45) is 3.37. The van der Waals surface area contributed by atoms with Crippen LogP contribution in [0.15, 0.2) is 54.6 Å². The molecule has 0 aliphatic heterocycles. The standard InChI is InChI=1S/C20H22O4S/c1-25(22,23)24-19-12-7-15(13-19)14-20(21)18-10-8-17(9-11-18)16-5-3-2-4-6-16/h2-6,8-11,15,19H,7,12-14H2,1H3/t15-,19-/m1/s1. The van der Waals surface area contributed by atoms with Crippen LogP contribution in [0.3, 0.4) is 0 Å². The summed E-state index contributed by atoms with van der Waals surface area (Å²) in [6.45, 7) is 0. The van der Waals surface area contributed by atoms with Crippen LogP contribution in [0, 0.1) is 5.92 Å². The fourth-order valence-corrected chi connectivity index (χ4v) is 4.08. The van der Waals surface area contributed by atoms with E-state index in [0.29, 0.717) is 24.8 Å². The summed E-state index contributed by atoms with van der Waals surface area (Å²) in [7, 11) is -3.43. The monoisotopic (exact) mass is 358 g/mol. The zero-order valence-electron chi connectivity index (χ0n) is 14.2. The van der Waals surface area contributed by atoms with Gasteiger partial charge in [-0.1, -0.05) is 54.6 Å². The van der Waals surface area contributed by atoms with E-state index in [1.54, 1.807) is 0 Å². The summed E-state index contributed by atoms with van der Waals surface area (Å²) in [4.78, 5) is 12.5. The third-order valence-corrected chi connectivity index (χ3v) is 5.21. The first kappa shape index (κ1) is 17.8. The molecule has 0 radical (unpaired) electrons. The molecule has 1 aliphatic rings. The van der Waals surface area contributed by atoms with Crippen LogP contribution in [0.25, 0.3) is 11.1 Å². The van der Waals surface area contributed by atoms with E-state index in [-0.39, 0.29) is 17.8 Å². The molecule has 0 amide bonds. The first-order valence-corrected chi connectivity index (χ1v) is 10.3. The molecule has 3 rings (SSSR count). The van der Waals surface area contributed by atoms with E-state index in [0.717, 1.165) is 23.8 Å². The maximum atomic E-state index is 12.5. The van der Waals surface area contributed by atoms with E-state index >= 15 is 0 Å². The molecule has 0 spiro atoms. The summed E-state index contributed by atoms with van der Waals surface area (Å²) in [5.41, 5.74) is 2.91. The summed E-state index contributed by atoms with van der Waals surface area (Å²) in [5.74, 6) is 0.290. The second kappa shape index (κ2) is 7.50. The molecular weight excluding hydrogens is 336 g/mol. The lowest BCUT2D eigenvalue weighted by atomic mass is 9.95. The number of rotatable bonds is 6. The van der Waals surface area contributed by atoms with E-state index in [1.807, 2.05) is 54.6 Å². The Hall–Kier alpha value is -1.98. The van der Waals surface area contributed by atoms with Crippen molar-refractivity contribution in [1.29, 1.82) is 0 Å². The van der Waals surface area contributed by atoms with Gasteiger partial charge >= 0.3 is 0 Å². The number of hydrogen-bond acceptors (Lipinski definition) is 4. The Bertz CT molecular complexity index is 826. The quantitative estimate of drug-likeness (QED) is 0.577. The molecule has 0 heterocycles. The topological polar surface area (TPSA) is 60.4 Å². The Morgan fingerprint density at radius 3 is 2.28 bits per heavy atom. The van der Waals surface area contributed by atoms with Crippen molar-refractivity contribution < 1.29 is 17.4 Å². The molecule has 2 aromatic rings. The fourth-order valence-electron chi connectivity index (χ4n) is 3.41. The molecular formula is C20H22O4S. The van der Waals surface area contributed by atoms with Crippen LogP contribution in [0.5, 0.6) is 0 Å². The van der Waals surface area contributed by atoms with E-state index < -0.39 is 10.1 Å². The van der Waals surface area contributed by atoms with Gasteiger partial charge < -0.3 is 0 Å². The third kappa shape index (κ3) is 5.00. The molecule has 2 aromatic carbocycles. The Kier molecular flexibility index (Phi) is 5.35. The Labute approximate surface area is 149 Å². The highest BCUT2D eigenvalue weighted by molar-refractivity contribution is 7.86. The minimum absolute atomic E-state index is 0.101. The summed E-state index contributed by atoms with van der Waals surface area (Å²) in [6, 6.07) is 17.7. The van der Waals surface area contributed by atoms with E-state index in [4.69, 9.17) is 4.18 Å². The average Bonchev–Trinajstić information content (AvgIpc) is 3.00. The molecule has 2 atom stereocenters. The maximum absolute atomic E-state index is 12.5. The average molecular weight is 358 g/mol. The van der Waals surface area contributed by atoms with Gasteiger partial charge in [0.25, 0.3) is 10.1 Å². The summed E-state index contributed by atoms with van der Waals surface area (Å²) >= 11 is 0. The zero-order valence-corrected chi connectivity index (χ0v) is 15.0. The number of carbonyl (C=O) groups excluding carboxylic acids is 1. The molecule has 4 nitrogen and oxygen atoms in total. The lowest BCUT2D eigenvalue weighted by molar-refractivity contribution is 0.0959. The smallest absolute Gasteiger partial charge is 0.264 e. The SMILES string of the molecule is CS(=O)(=O)O[C@@H]1CC[C@@H](CC(=O)c2ccc(-c3ccccc3)cc2)C1. The van der Waals surface area contributed by atoms with Gasteiger partial charge in [-0.25, -0.2) is 0 Å². The Morgan fingerprint density at radius 2 is 1.64 bits per heavy atom. The van der Waals surface area contributed by atoms with Gasteiger partial charge in [-0.3, -0.25) is 8.98 Å². The number of Topliss-reactive ketones (excluding diaryl/α,β-unsaturated/α-hetero) is 1. The predicted molar refractivity (Wildman–Crippen MR) is 97.9 cm³/mol. The lowest BCUT2D eigenvalue weighted by Gasteiger charge is -2.11. The number of ketones is 1. The van der Waals surface area contributed by atoms with Crippen molar-refractivity contribution in [3.05, 3.63) is 60.2 Å². The van der Waals surface area contributed by atoms with Gasteiger partial charge in [0.15, 0.2) is 5.78 Å². The van der Waals surface area contributed by atoms with Gasteiger partial charge in [-0.15, -0.1) is 0 Å².